The molecule has 1 saturated heterocycles. The van der Waals surface area contributed by atoms with Gasteiger partial charge in [0.15, 0.2) is 0 Å². The van der Waals surface area contributed by atoms with Crippen molar-refractivity contribution < 1.29 is 17.9 Å². The standard InChI is InChI=1S/C13H19F2NO2S/c1-9(10-4-5-17-7-10)16-6-11-2-3-12(18-11)8-19-13(14)15/h2-3,9-10,13,16H,4-8H2,1H3. The van der Waals surface area contributed by atoms with Crippen molar-refractivity contribution in [2.75, 3.05) is 13.2 Å². The lowest BCUT2D eigenvalue weighted by atomic mass is 10.0. The van der Waals surface area contributed by atoms with Crippen LogP contribution in [0.4, 0.5) is 8.78 Å². The van der Waals surface area contributed by atoms with Gasteiger partial charge in [-0.1, -0.05) is 11.8 Å². The maximum Gasteiger partial charge on any atom is 0.284 e. The van der Waals surface area contributed by atoms with Crippen molar-refractivity contribution in [2.45, 2.75) is 37.4 Å². The third-order valence-electron chi connectivity index (χ3n) is 3.34. The fourth-order valence-corrected chi connectivity index (χ4v) is 2.56. The van der Waals surface area contributed by atoms with Crippen LogP contribution < -0.4 is 5.32 Å². The molecule has 0 aliphatic carbocycles. The molecular weight excluding hydrogens is 272 g/mol. The maximum absolute atomic E-state index is 12.1. The lowest BCUT2D eigenvalue weighted by molar-refractivity contribution is 0.178. The normalized spacial score (nSPS) is 21.2. The highest BCUT2D eigenvalue weighted by atomic mass is 32.2. The summed E-state index contributed by atoms with van der Waals surface area (Å²) in [5.74, 6) is -0.212. The zero-order valence-corrected chi connectivity index (χ0v) is 11.7. The van der Waals surface area contributed by atoms with E-state index in [2.05, 4.69) is 12.2 Å². The zero-order chi connectivity index (χ0) is 13.7. The minimum atomic E-state index is -2.35. The number of hydrogen-bond acceptors (Lipinski definition) is 4. The van der Waals surface area contributed by atoms with Crippen LogP contribution in [-0.2, 0) is 17.0 Å². The number of halogens is 2. The Morgan fingerprint density at radius 3 is 2.89 bits per heavy atom. The predicted octanol–water partition coefficient (Wildman–Crippen LogP) is 3.25. The summed E-state index contributed by atoms with van der Waals surface area (Å²) in [6.07, 6.45) is 1.09. The van der Waals surface area contributed by atoms with E-state index in [4.69, 9.17) is 9.15 Å². The quantitative estimate of drug-likeness (QED) is 0.836. The average Bonchev–Trinajstić information content (AvgIpc) is 3.04. The molecule has 2 atom stereocenters. The van der Waals surface area contributed by atoms with Gasteiger partial charge in [0, 0.05) is 12.6 Å². The second-order valence-corrected chi connectivity index (χ2v) is 5.71. The second-order valence-electron chi connectivity index (χ2n) is 4.73. The molecule has 108 valence electrons. The van der Waals surface area contributed by atoms with Crippen molar-refractivity contribution in [3.05, 3.63) is 23.7 Å². The number of alkyl halides is 2. The lowest BCUT2D eigenvalue weighted by Gasteiger charge is -2.18. The molecule has 0 aromatic carbocycles. The van der Waals surface area contributed by atoms with Crippen LogP contribution in [0.25, 0.3) is 0 Å². The first-order valence-electron chi connectivity index (χ1n) is 6.43. The van der Waals surface area contributed by atoms with Crippen LogP contribution in [-0.4, -0.2) is 25.0 Å². The van der Waals surface area contributed by atoms with E-state index in [1.165, 1.54) is 0 Å². The molecule has 2 heterocycles. The van der Waals surface area contributed by atoms with E-state index in [-0.39, 0.29) is 5.75 Å². The Hall–Kier alpha value is -0.590. The summed E-state index contributed by atoms with van der Waals surface area (Å²) < 4.78 is 35.0. The summed E-state index contributed by atoms with van der Waals surface area (Å²) in [5, 5.41) is 3.39. The van der Waals surface area contributed by atoms with Crippen LogP contribution >= 0.6 is 11.8 Å². The third kappa shape index (κ3) is 4.78. The van der Waals surface area contributed by atoms with Crippen LogP contribution in [0, 0.1) is 5.92 Å². The molecule has 0 bridgehead atoms. The molecule has 1 aliphatic rings. The number of ether oxygens (including phenoxy) is 1. The summed E-state index contributed by atoms with van der Waals surface area (Å²) in [6.45, 7) is 4.40. The van der Waals surface area contributed by atoms with E-state index < -0.39 is 5.76 Å². The molecule has 0 amide bonds. The zero-order valence-electron chi connectivity index (χ0n) is 10.9. The summed E-state index contributed by atoms with van der Waals surface area (Å²) in [4.78, 5) is 0. The average molecular weight is 291 g/mol. The van der Waals surface area contributed by atoms with E-state index >= 15 is 0 Å². The monoisotopic (exact) mass is 291 g/mol. The number of hydrogen-bond donors (Lipinski definition) is 1. The molecule has 1 fully saturated rings. The molecule has 1 aromatic rings. The van der Waals surface area contributed by atoms with Crippen molar-refractivity contribution in [1.82, 2.24) is 5.32 Å². The van der Waals surface area contributed by atoms with Crippen molar-refractivity contribution in [1.29, 1.82) is 0 Å². The van der Waals surface area contributed by atoms with Gasteiger partial charge in [0.25, 0.3) is 5.76 Å². The van der Waals surface area contributed by atoms with E-state index in [9.17, 15) is 8.78 Å². The molecule has 2 unspecified atom stereocenters. The van der Waals surface area contributed by atoms with Gasteiger partial charge in [-0.2, -0.15) is 8.78 Å². The lowest BCUT2D eigenvalue weighted by Crippen LogP contribution is -2.33. The Morgan fingerprint density at radius 1 is 1.42 bits per heavy atom. The van der Waals surface area contributed by atoms with E-state index in [1.54, 1.807) is 6.07 Å². The van der Waals surface area contributed by atoms with E-state index in [0.717, 1.165) is 25.4 Å². The number of thioether (sulfide) groups is 1. The van der Waals surface area contributed by atoms with Crippen molar-refractivity contribution in [2.24, 2.45) is 5.92 Å². The largest absolute Gasteiger partial charge is 0.464 e. The maximum atomic E-state index is 12.1. The molecular formula is C13H19F2NO2S. The molecule has 1 N–H and O–H groups in total. The van der Waals surface area contributed by atoms with Gasteiger partial charge >= 0.3 is 0 Å². The molecule has 0 spiro atoms. The molecule has 3 nitrogen and oxygen atoms in total. The van der Waals surface area contributed by atoms with E-state index in [0.29, 0.717) is 36.0 Å². The molecule has 2 rings (SSSR count). The molecule has 0 saturated carbocycles. The Kier molecular flexibility index (Phi) is 5.66. The van der Waals surface area contributed by atoms with Crippen LogP contribution in [0.1, 0.15) is 24.9 Å². The Morgan fingerprint density at radius 2 is 2.21 bits per heavy atom. The third-order valence-corrected chi connectivity index (χ3v) is 4.04. The minimum Gasteiger partial charge on any atom is -0.464 e. The summed E-state index contributed by atoms with van der Waals surface area (Å²) in [6, 6.07) is 3.97. The van der Waals surface area contributed by atoms with Crippen LogP contribution in [0.15, 0.2) is 16.5 Å². The molecule has 6 heteroatoms. The van der Waals surface area contributed by atoms with Gasteiger partial charge in [-0.15, -0.1) is 0 Å². The Bertz CT molecular complexity index is 380. The van der Waals surface area contributed by atoms with E-state index in [1.807, 2.05) is 6.07 Å². The van der Waals surface area contributed by atoms with Gasteiger partial charge in [0.1, 0.15) is 11.5 Å². The van der Waals surface area contributed by atoms with Crippen molar-refractivity contribution >= 4 is 11.8 Å². The predicted molar refractivity (Wildman–Crippen MR) is 71.2 cm³/mol. The van der Waals surface area contributed by atoms with Crippen molar-refractivity contribution in [3.8, 4) is 0 Å². The number of nitrogens with one attached hydrogen (secondary N) is 1. The minimum absolute atomic E-state index is 0.212. The van der Waals surface area contributed by atoms with Crippen molar-refractivity contribution in [3.63, 3.8) is 0 Å². The van der Waals surface area contributed by atoms with Gasteiger partial charge < -0.3 is 14.5 Å². The highest BCUT2D eigenvalue weighted by Gasteiger charge is 2.21. The SMILES string of the molecule is CC(NCc1ccc(CSC(F)F)o1)C1CCOC1. The first kappa shape index (κ1) is 14.8. The molecule has 1 aliphatic heterocycles. The summed E-state index contributed by atoms with van der Waals surface area (Å²) in [5.41, 5.74) is 0. The van der Waals surface area contributed by atoms with Gasteiger partial charge in [-0.3, -0.25) is 0 Å². The topological polar surface area (TPSA) is 34.4 Å². The van der Waals surface area contributed by atoms with Crippen LogP contribution in [0.2, 0.25) is 0 Å². The Labute approximate surface area is 116 Å². The smallest absolute Gasteiger partial charge is 0.284 e. The summed E-state index contributed by atoms with van der Waals surface area (Å²) >= 11 is 0.578. The first-order chi connectivity index (χ1) is 9.15. The fraction of sp³-hybridized carbons (Fsp3) is 0.692. The highest BCUT2D eigenvalue weighted by molar-refractivity contribution is 7.98. The number of rotatable bonds is 7. The van der Waals surface area contributed by atoms with Gasteiger partial charge in [0.2, 0.25) is 0 Å². The van der Waals surface area contributed by atoms with Gasteiger partial charge in [-0.25, -0.2) is 0 Å². The van der Waals surface area contributed by atoms with Crippen LogP contribution in [0.5, 0.6) is 0 Å². The molecule has 19 heavy (non-hydrogen) atoms. The highest BCUT2D eigenvalue weighted by Crippen LogP contribution is 2.21. The van der Waals surface area contributed by atoms with Gasteiger partial charge in [0.05, 0.1) is 18.9 Å². The first-order valence-corrected chi connectivity index (χ1v) is 7.48. The van der Waals surface area contributed by atoms with Gasteiger partial charge in [-0.05, 0) is 31.4 Å². The second kappa shape index (κ2) is 7.26. The summed E-state index contributed by atoms with van der Waals surface area (Å²) in [7, 11) is 0. The molecule has 1 aromatic heterocycles. The van der Waals surface area contributed by atoms with Crippen LogP contribution in [0.3, 0.4) is 0 Å². The Balaban J connectivity index is 1.73. The molecule has 0 radical (unpaired) electrons. The number of furan rings is 1. The fourth-order valence-electron chi connectivity index (χ4n) is 2.12.